The Bertz CT molecular complexity index is 929. The Balaban J connectivity index is 1.46. The molecule has 164 valence electrons. The molecule has 1 aromatic carbocycles. The number of nitrogens with one attached hydrogen (secondary N) is 1. The maximum absolute atomic E-state index is 13.3. The molecule has 2 saturated heterocycles. The van der Waals surface area contributed by atoms with Crippen LogP contribution in [0.2, 0.25) is 0 Å². The molecule has 2 aliphatic rings. The molecule has 2 fully saturated rings. The zero-order valence-corrected chi connectivity index (χ0v) is 18.7. The smallest absolute Gasteiger partial charge is 0.263 e. The molecule has 2 aromatic rings. The van der Waals surface area contributed by atoms with E-state index in [2.05, 4.69) is 5.32 Å². The third-order valence-corrected chi connectivity index (χ3v) is 7.14. The van der Waals surface area contributed by atoms with Crippen LogP contribution in [0.1, 0.15) is 51.3 Å². The largest absolute Gasteiger partial charge is 0.341 e. The van der Waals surface area contributed by atoms with Crippen molar-refractivity contribution in [3.05, 3.63) is 57.8 Å². The van der Waals surface area contributed by atoms with Gasteiger partial charge in [0.25, 0.3) is 11.8 Å². The summed E-state index contributed by atoms with van der Waals surface area (Å²) in [6.45, 7) is 4.66. The van der Waals surface area contributed by atoms with Crippen LogP contribution in [-0.4, -0.2) is 59.7 Å². The fourth-order valence-corrected chi connectivity index (χ4v) is 5.21. The monoisotopic (exact) mass is 439 g/mol. The normalized spacial score (nSPS) is 18.1. The van der Waals surface area contributed by atoms with E-state index in [0.717, 1.165) is 36.4 Å². The lowest BCUT2D eigenvalue weighted by Gasteiger charge is -2.37. The number of likely N-dealkylation sites (tertiary alicyclic amines) is 2. The summed E-state index contributed by atoms with van der Waals surface area (Å²) in [5.41, 5.74) is 1.58. The average molecular weight is 440 g/mol. The first-order chi connectivity index (χ1) is 15.0. The molecule has 1 aromatic heterocycles. The molecular weight excluding hydrogens is 410 g/mol. The minimum Gasteiger partial charge on any atom is -0.341 e. The van der Waals surface area contributed by atoms with Gasteiger partial charge in [-0.3, -0.25) is 14.4 Å². The van der Waals surface area contributed by atoms with E-state index in [9.17, 15) is 14.4 Å². The van der Waals surface area contributed by atoms with Crippen LogP contribution in [0.3, 0.4) is 0 Å². The highest BCUT2D eigenvalue weighted by molar-refractivity contribution is 7.12. The molecule has 0 bridgehead atoms. The van der Waals surface area contributed by atoms with E-state index in [0.29, 0.717) is 31.5 Å². The molecule has 0 aliphatic carbocycles. The Morgan fingerprint density at radius 1 is 1.00 bits per heavy atom. The Morgan fingerprint density at radius 2 is 1.74 bits per heavy atom. The van der Waals surface area contributed by atoms with Crippen molar-refractivity contribution in [3.63, 3.8) is 0 Å². The Morgan fingerprint density at radius 3 is 2.39 bits per heavy atom. The van der Waals surface area contributed by atoms with Crippen LogP contribution in [0.15, 0.2) is 41.8 Å². The van der Waals surface area contributed by atoms with E-state index in [4.69, 9.17) is 0 Å². The summed E-state index contributed by atoms with van der Waals surface area (Å²) >= 11 is 1.45. The minimum absolute atomic E-state index is 0.0153. The zero-order chi connectivity index (χ0) is 21.8. The quantitative estimate of drug-likeness (QED) is 0.777. The van der Waals surface area contributed by atoms with Crippen molar-refractivity contribution in [1.82, 2.24) is 15.1 Å². The molecule has 4 rings (SSSR count). The van der Waals surface area contributed by atoms with Crippen molar-refractivity contribution in [2.45, 2.75) is 38.6 Å². The van der Waals surface area contributed by atoms with Crippen LogP contribution in [0.4, 0.5) is 0 Å². The summed E-state index contributed by atoms with van der Waals surface area (Å²) in [4.78, 5) is 43.4. The summed E-state index contributed by atoms with van der Waals surface area (Å²) in [6, 6.07) is 10.6. The first kappa shape index (κ1) is 21.6. The van der Waals surface area contributed by atoms with Gasteiger partial charge in [-0.1, -0.05) is 23.8 Å². The van der Waals surface area contributed by atoms with Gasteiger partial charge in [0, 0.05) is 31.7 Å². The second kappa shape index (κ2) is 9.64. The molecule has 1 N–H and O–H groups in total. The zero-order valence-electron chi connectivity index (χ0n) is 17.9. The predicted molar refractivity (Wildman–Crippen MR) is 121 cm³/mol. The third-order valence-electron chi connectivity index (χ3n) is 6.28. The number of rotatable bonds is 5. The van der Waals surface area contributed by atoms with Gasteiger partial charge in [-0.05, 0) is 62.1 Å². The molecule has 2 aliphatic heterocycles. The van der Waals surface area contributed by atoms with Crippen molar-refractivity contribution < 1.29 is 14.4 Å². The predicted octanol–water partition coefficient (Wildman–Crippen LogP) is 3.33. The molecule has 0 saturated carbocycles. The van der Waals surface area contributed by atoms with Gasteiger partial charge in [-0.2, -0.15) is 0 Å². The van der Waals surface area contributed by atoms with Gasteiger partial charge in [0.2, 0.25) is 5.91 Å². The highest BCUT2D eigenvalue weighted by Crippen LogP contribution is 2.25. The Labute approximate surface area is 187 Å². The number of piperidine rings is 1. The summed E-state index contributed by atoms with van der Waals surface area (Å²) in [5.74, 6) is -0.117. The Kier molecular flexibility index (Phi) is 6.70. The van der Waals surface area contributed by atoms with Crippen molar-refractivity contribution in [3.8, 4) is 0 Å². The first-order valence-corrected chi connectivity index (χ1v) is 11.9. The third kappa shape index (κ3) is 4.98. The molecule has 31 heavy (non-hydrogen) atoms. The number of amides is 3. The van der Waals surface area contributed by atoms with Gasteiger partial charge < -0.3 is 15.1 Å². The lowest BCUT2D eigenvalue weighted by atomic mass is 9.88. The van der Waals surface area contributed by atoms with E-state index < -0.39 is 6.04 Å². The number of hydrogen-bond donors (Lipinski definition) is 1. The molecule has 1 atom stereocenters. The van der Waals surface area contributed by atoms with Gasteiger partial charge >= 0.3 is 0 Å². The standard InChI is InChI=1S/C24H29N3O3S/c1-17-6-4-7-19(16-17)22(28)25-21(24(30)26-11-2-3-12-26)18-9-13-27(14-10-18)23(29)20-8-5-15-31-20/h4-8,15-16,18,21H,2-3,9-14H2,1H3,(H,25,28)/t21-/m1/s1. The molecule has 3 amide bonds. The number of benzene rings is 1. The van der Waals surface area contributed by atoms with Crippen molar-refractivity contribution in [2.75, 3.05) is 26.2 Å². The molecular formula is C24H29N3O3S. The molecule has 7 heteroatoms. The number of carbonyl (C=O) groups is 3. The first-order valence-electron chi connectivity index (χ1n) is 11.0. The lowest BCUT2D eigenvalue weighted by Crippen LogP contribution is -2.54. The fourth-order valence-electron chi connectivity index (χ4n) is 4.52. The van der Waals surface area contributed by atoms with Crippen LogP contribution < -0.4 is 5.32 Å². The van der Waals surface area contributed by atoms with E-state index >= 15 is 0 Å². The summed E-state index contributed by atoms with van der Waals surface area (Å²) in [5, 5.41) is 4.96. The molecule has 3 heterocycles. The molecule has 0 unspecified atom stereocenters. The molecule has 0 spiro atoms. The van der Waals surface area contributed by atoms with Crippen molar-refractivity contribution in [2.24, 2.45) is 5.92 Å². The van der Waals surface area contributed by atoms with Crippen molar-refractivity contribution in [1.29, 1.82) is 0 Å². The number of thiophene rings is 1. The second-order valence-corrected chi connectivity index (χ2v) is 9.41. The van der Waals surface area contributed by atoms with Crippen LogP contribution >= 0.6 is 11.3 Å². The van der Waals surface area contributed by atoms with E-state index in [1.54, 1.807) is 6.07 Å². The van der Waals surface area contributed by atoms with Crippen LogP contribution in [0.25, 0.3) is 0 Å². The second-order valence-electron chi connectivity index (χ2n) is 8.46. The summed E-state index contributed by atoms with van der Waals surface area (Å²) in [7, 11) is 0. The fraction of sp³-hybridized carbons (Fsp3) is 0.458. The Hall–Kier alpha value is -2.67. The number of carbonyl (C=O) groups excluding carboxylic acids is 3. The molecule has 6 nitrogen and oxygen atoms in total. The maximum Gasteiger partial charge on any atom is 0.263 e. The number of hydrogen-bond acceptors (Lipinski definition) is 4. The summed E-state index contributed by atoms with van der Waals surface area (Å²) < 4.78 is 0. The van der Waals surface area contributed by atoms with Gasteiger partial charge in [0.15, 0.2) is 0 Å². The SMILES string of the molecule is Cc1cccc(C(=O)N[C@@H](C(=O)N2CCCC2)C2CCN(C(=O)c3cccs3)CC2)c1. The van der Waals surface area contributed by atoms with Gasteiger partial charge in [-0.25, -0.2) is 0 Å². The average Bonchev–Trinajstić information content (AvgIpc) is 3.51. The van der Waals surface area contributed by atoms with E-state index in [1.807, 2.05) is 52.4 Å². The number of nitrogens with zero attached hydrogens (tertiary/aromatic N) is 2. The van der Waals surface area contributed by atoms with E-state index in [-0.39, 0.29) is 23.6 Å². The highest BCUT2D eigenvalue weighted by Gasteiger charge is 2.37. The van der Waals surface area contributed by atoms with Gasteiger partial charge in [-0.15, -0.1) is 11.3 Å². The van der Waals surface area contributed by atoms with Crippen LogP contribution in [0.5, 0.6) is 0 Å². The van der Waals surface area contributed by atoms with Crippen LogP contribution in [-0.2, 0) is 4.79 Å². The van der Waals surface area contributed by atoms with E-state index in [1.165, 1.54) is 11.3 Å². The van der Waals surface area contributed by atoms with Crippen LogP contribution in [0, 0.1) is 12.8 Å². The topological polar surface area (TPSA) is 69.7 Å². The van der Waals surface area contributed by atoms with Crippen molar-refractivity contribution >= 4 is 29.1 Å². The van der Waals surface area contributed by atoms with Gasteiger partial charge in [0.05, 0.1) is 4.88 Å². The molecule has 0 radical (unpaired) electrons. The van der Waals surface area contributed by atoms with Gasteiger partial charge in [0.1, 0.15) is 6.04 Å². The number of aryl methyl sites for hydroxylation is 1. The maximum atomic E-state index is 13.3. The minimum atomic E-state index is -0.551. The lowest BCUT2D eigenvalue weighted by molar-refractivity contribution is -0.134. The highest BCUT2D eigenvalue weighted by atomic mass is 32.1. The summed E-state index contributed by atoms with van der Waals surface area (Å²) in [6.07, 6.45) is 3.43.